The zero-order valence-electron chi connectivity index (χ0n) is 10.6. The van der Waals surface area contributed by atoms with Crippen molar-refractivity contribution in [1.29, 1.82) is 0 Å². The van der Waals surface area contributed by atoms with Crippen molar-refractivity contribution in [3.05, 3.63) is 0 Å². The maximum Gasteiger partial charge on any atom is 0.189 e. The van der Waals surface area contributed by atoms with E-state index in [4.69, 9.17) is 10.8 Å². The van der Waals surface area contributed by atoms with Gasteiger partial charge in [0.05, 0.1) is 5.54 Å². The number of nitrogens with one attached hydrogen (secondary N) is 1. The summed E-state index contributed by atoms with van der Waals surface area (Å²) in [5, 5.41) is 12.1. The predicted octanol–water partition coefficient (Wildman–Crippen LogP) is 1.24. The van der Waals surface area contributed by atoms with Crippen LogP contribution >= 0.6 is 0 Å². The van der Waals surface area contributed by atoms with Crippen LogP contribution in [0.5, 0.6) is 0 Å². The van der Waals surface area contributed by atoms with Gasteiger partial charge >= 0.3 is 0 Å². The fourth-order valence-corrected chi connectivity index (χ4v) is 1.26. The molecule has 1 atom stereocenters. The van der Waals surface area contributed by atoms with Gasteiger partial charge in [0.2, 0.25) is 0 Å². The Morgan fingerprint density at radius 2 is 1.87 bits per heavy atom. The second-order valence-electron chi connectivity index (χ2n) is 5.20. The summed E-state index contributed by atoms with van der Waals surface area (Å²) in [6.45, 7) is 10.3. The van der Waals surface area contributed by atoms with Crippen LogP contribution in [-0.2, 0) is 0 Å². The van der Waals surface area contributed by atoms with Crippen molar-refractivity contribution in [2.75, 3.05) is 6.61 Å². The average Bonchev–Trinajstić information content (AvgIpc) is 2.00. The molecular weight excluding hydrogens is 190 g/mol. The van der Waals surface area contributed by atoms with Crippen LogP contribution < -0.4 is 11.1 Å². The molecule has 0 rings (SSSR count). The molecular formula is C11H25N3O. The summed E-state index contributed by atoms with van der Waals surface area (Å²) < 4.78 is 0. The van der Waals surface area contributed by atoms with E-state index >= 15 is 0 Å². The second kappa shape index (κ2) is 5.35. The fraction of sp³-hybridized carbons (Fsp3) is 0.909. The Morgan fingerprint density at radius 1 is 1.33 bits per heavy atom. The number of aliphatic imine (C=N–C) groups is 1. The van der Waals surface area contributed by atoms with E-state index in [2.05, 4.69) is 10.3 Å². The quantitative estimate of drug-likeness (QED) is 0.488. The molecule has 0 aromatic carbocycles. The van der Waals surface area contributed by atoms with Gasteiger partial charge in [-0.1, -0.05) is 6.92 Å². The number of nitrogens with zero attached hydrogens (tertiary/aromatic N) is 1. The molecule has 4 heteroatoms. The third kappa shape index (κ3) is 6.33. The lowest BCUT2D eigenvalue weighted by Gasteiger charge is -2.26. The maximum atomic E-state index is 8.95. The minimum atomic E-state index is -0.267. The van der Waals surface area contributed by atoms with Gasteiger partial charge in [-0.15, -0.1) is 0 Å². The van der Waals surface area contributed by atoms with Crippen LogP contribution in [0.2, 0.25) is 0 Å². The standard InChI is InChI=1S/C11H25N3O/c1-6-11(5,7-8-15)14-9(12)13-10(2,3)4/h15H,6-8H2,1-5H3,(H3,12,13,14). The molecule has 0 saturated carbocycles. The molecule has 15 heavy (non-hydrogen) atoms. The van der Waals surface area contributed by atoms with Crippen LogP contribution in [0, 0.1) is 0 Å². The van der Waals surface area contributed by atoms with Gasteiger partial charge in [0.25, 0.3) is 0 Å². The van der Waals surface area contributed by atoms with Crippen LogP contribution in [0.4, 0.5) is 0 Å². The lowest BCUT2D eigenvalue weighted by atomic mass is 9.96. The first kappa shape index (κ1) is 14.2. The first-order valence-corrected chi connectivity index (χ1v) is 5.47. The van der Waals surface area contributed by atoms with Gasteiger partial charge in [0.15, 0.2) is 5.96 Å². The van der Waals surface area contributed by atoms with Crippen molar-refractivity contribution in [2.45, 2.75) is 58.5 Å². The Labute approximate surface area is 93.0 Å². The van der Waals surface area contributed by atoms with Crippen molar-refractivity contribution in [2.24, 2.45) is 10.7 Å². The highest BCUT2D eigenvalue weighted by molar-refractivity contribution is 5.79. The van der Waals surface area contributed by atoms with Crippen molar-refractivity contribution >= 4 is 5.96 Å². The van der Waals surface area contributed by atoms with E-state index in [0.29, 0.717) is 12.4 Å². The second-order valence-corrected chi connectivity index (χ2v) is 5.20. The molecule has 0 aromatic rings. The number of guanidine groups is 1. The summed E-state index contributed by atoms with van der Waals surface area (Å²) >= 11 is 0. The summed E-state index contributed by atoms with van der Waals surface area (Å²) in [5.74, 6) is 0.445. The average molecular weight is 215 g/mol. The van der Waals surface area contributed by atoms with Gasteiger partial charge in [-0.3, -0.25) is 0 Å². The van der Waals surface area contributed by atoms with Crippen molar-refractivity contribution in [3.63, 3.8) is 0 Å². The lowest BCUT2D eigenvalue weighted by molar-refractivity contribution is 0.243. The summed E-state index contributed by atoms with van der Waals surface area (Å²) in [4.78, 5) is 4.43. The highest BCUT2D eigenvalue weighted by atomic mass is 16.3. The summed E-state index contributed by atoms with van der Waals surface area (Å²) in [7, 11) is 0. The van der Waals surface area contributed by atoms with Crippen LogP contribution in [0.1, 0.15) is 47.5 Å². The van der Waals surface area contributed by atoms with Crippen molar-refractivity contribution in [3.8, 4) is 0 Å². The number of aliphatic hydroxyl groups excluding tert-OH is 1. The molecule has 90 valence electrons. The molecule has 0 bridgehead atoms. The SMILES string of the molecule is CCC(C)(CCO)N=C(N)NC(C)(C)C. The topological polar surface area (TPSA) is 70.6 Å². The summed E-state index contributed by atoms with van der Waals surface area (Å²) in [6.07, 6.45) is 1.50. The first-order valence-electron chi connectivity index (χ1n) is 5.47. The number of hydrogen-bond acceptors (Lipinski definition) is 2. The van der Waals surface area contributed by atoms with E-state index < -0.39 is 0 Å². The largest absolute Gasteiger partial charge is 0.396 e. The van der Waals surface area contributed by atoms with E-state index in [1.54, 1.807) is 0 Å². The number of nitrogens with two attached hydrogens (primary N) is 1. The molecule has 0 aliphatic rings. The van der Waals surface area contributed by atoms with E-state index in [0.717, 1.165) is 6.42 Å². The van der Waals surface area contributed by atoms with Crippen molar-refractivity contribution in [1.82, 2.24) is 5.32 Å². The lowest BCUT2D eigenvalue weighted by Crippen LogP contribution is -2.46. The van der Waals surface area contributed by atoms with E-state index in [1.807, 2.05) is 34.6 Å². The number of rotatable bonds is 4. The van der Waals surface area contributed by atoms with Gasteiger partial charge in [-0.2, -0.15) is 0 Å². The molecule has 0 heterocycles. The maximum absolute atomic E-state index is 8.95. The first-order chi connectivity index (χ1) is 6.72. The molecule has 0 radical (unpaired) electrons. The van der Waals surface area contributed by atoms with Gasteiger partial charge in [-0.05, 0) is 40.5 Å². The van der Waals surface area contributed by atoms with Gasteiger partial charge in [0, 0.05) is 12.1 Å². The molecule has 4 nitrogen and oxygen atoms in total. The minimum Gasteiger partial charge on any atom is -0.396 e. The number of aliphatic hydroxyl groups is 1. The highest BCUT2D eigenvalue weighted by Crippen LogP contribution is 2.19. The van der Waals surface area contributed by atoms with Crippen LogP contribution in [0.3, 0.4) is 0 Å². The zero-order chi connectivity index (χ0) is 12.1. The Bertz CT molecular complexity index is 220. The minimum absolute atomic E-state index is 0.0819. The molecule has 0 spiro atoms. The molecule has 0 amide bonds. The Morgan fingerprint density at radius 3 is 2.20 bits per heavy atom. The third-order valence-corrected chi connectivity index (χ3v) is 2.31. The van der Waals surface area contributed by atoms with Gasteiger partial charge in [-0.25, -0.2) is 4.99 Å². The van der Waals surface area contributed by atoms with E-state index in [1.165, 1.54) is 0 Å². The zero-order valence-corrected chi connectivity index (χ0v) is 10.6. The molecule has 1 unspecified atom stereocenters. The third-order valence-electron chi connectivity index (χ3n) is 2.31. The molecule has 0 aliphatic carbocycles. The molecule has 4 N–H and O–H groups in total. The molecule has 0 fully saturated rings. The summed E-state index contributed by atoms with van der Waals surface area (Å²) in [6, 6.07) is 0. The predicted molar refractivity (Wildman–Crippen MR) is 64.9 cm³/mol. The van der Waals surface area contributed by atoms with Gasteiger partial charge < -0.3 is 16.2 Å². The molecule has 0 aliphatic heterocycles. The highest BCUT2D eigenvalue weighted by Gasteiger charge is 2.21. The smallest absolute Gasteiger partial charge is 0.189 e. The number of hydrogen-bond donors (Lipinski definition) is 3. The molecule has 0 saturated heterocycles. The Balaban J connectivity index is 4.55. The van der Waals surface area contributed by atoms with E-state index in [9.17, 15) is 0 Å². The van der Waals surface area contributed by atoms with Crippen molar-refractivity contribution < 1.29 is 5.11 Å². The Kier molecular flexibility index (Phi) is 5.08. The molecule has 0 aromatic heterocycles. The summed E-state index contributed by atoms with van der Waals surface area (Å²) in [5.41, 5.74) is 5.46. The van der Waals surface area contributed by atoms with E-state index in [-0.39, 0.29) is 17.7 Å². The Hall–Kier alpha value is -0.770. The van der Waals surface area contributed by atoms with Crippen LogP contribution in [-0.4, -0.2) is 28.8 Å². The van der Waals surface area contributed by atoms with Gasteiger partial charge in [0.1, 0.15) is 0 Å². The normalized spacial score (nSPS) is 17.3. The fourth-order valence-electron chi connectivity index (χ4n) is 1.26. The van der Waals surface area contributed by atoms with Crippen LogP contribution in [0.25, 0.3) is 0 Å². The van der Waals surface area contributed by atoms with Crippen LogP contribution in [0.15, 0.2) is 4.99 Å². The monoisotopic (exact) mass is 215 g/mol.